The van der Waals surface area contributed by atoms with Crippen LogP contribution in [0, 0.1) is 0 Å². The topological polar surface area (TPSA) is 67.2 Å². The number of benzene rings is 2. The molecule has 31 heavy (non-hydrogen) atoms. The van der Waals surface area contributed by atoms with Gasteiger partial charge in [0.1, 0.15) is 0 Å². The quantitative estimate of drug-likeness (QED) is 0.589. The normalized spacial score (nSPS) is 15.3. The second-order valence-electron chi connectivity index (χ2n) is 8.39. The number of likely N-dealkylation sites (tertiary alicyclic amines) is 1. The van der Waals surface area contributed by atoms with Crippen LogP contribution in [0.4, 0.5) is 5.69 Å². The first-order valence-electron chi connectivity index (χ1n) is 11.1. The first kappa shape index (κ1) is 21.2. The third-order valence-electron chi connectivity index (χ3n) is 6.12. The Kier molecular flexibility index (Phi) is 6.77. The molecule has 0 aliphatic carbocycles. The van der Waals surface area contributed by atoms with Crippen molar-refractivity contribution in [1.29, 1.82) is 0 Å². The Labute approximate surface area is 182 Å². The number of amides is 1. The van der Waals surface area contributed by atoms with Gasteiger partial charge >= 0.3 is 0 Å². The van der Waals surface area contributed by atoms with Gasteiger partial charge in [0, 0.05) is 24.5 Å². The highest BCUT2D eigenvalue weighted by atomic mass is 16.1. The molecule has 6 nitrogen and oxygen atoms in total. The number of nitrogens with zero attached hydrogens (tertiary/aromatic N) is 3. The van der Waals surface area contributed by atoms with Crippen LogP contribution < -0.4 is 10.9 Å². The van der Waals surface area contributed by atoms with E-state index in [1.54, 1.807) is 10.9 Å². The lowest BCUT2D eigenvalue weighted by atomic mass is 9.89. The summed E-state index contributed by atoms with van der Waals surface area (Å²) in [5.41, 5.74) is 2.19. The summed E-state index contributed by atoms with van der Waals surface area (Å²) in [6.07, 6.45) is 6.06. The van der Waals surface area contributed by atoms with Crippen molar-refractivity contribution in [2.75, 3.05) is 25.0 Å². The maximum Gasteiger partial charge on any atom is 0.274 e. The van der Waals surface area contributed by atoms with E-state index in [2.05, 4.69) is 27.4 Å². The van der Waals surface area contributed by atoms with Gasteiger partial charge < -0.3 is 10.2 Å². The molecular formula is C25H30N4O2. The largest absolute Gasteiger partial charge is 0.326 e. The number of hydrogen-bond acceptors (Lipinski definition) is 4. The number of unbranched alkanes of at least 4 members (excludes halogenated alkanes) is 1. The first-order valence-corrected chi connectivity index (χ1v) is 11.1. The lowest BCUT2D eigenvalue weighted by molar-refractivity contribution is -0.114. The van der Waals surface area contributed by atoms with Crippen molar-refractivity contribution in [2.45, 2.75) is 45.1 Å². The molecule has 0 saturated carbocycles. The Balaban J connectivity index is 1.23. The van der Waals surface area contributed by atoms with Crippen molar-refractivity contribution < 1.29 is 4.79 Å². The number of hydrogen-bond donors (Lipinski definition) is 1. The molecule has 1 fully saturated rings. The number of piperidine rings is 1. The zero-order chi connectivity index (χ0) is 21.6. The summed E-state index contributed by atoms with van der Waals surface area (Å²) >= 11 is 0. The van der Waals surface area contributed by atoms with Crippen molar-refractivity contribution in [3.8, 4) is 0 Å². The Morgan fingerprint density at radius 2 is 1.84 bits per heavy atom. The minimum Gasteiger partial charge on any atom is -0.326 e. The molecule has 4 rings (SSSR count). The van der Waals surface area contributed by atoms with E-state index in [1.165, 1.54) is 12.5 Å². The van der Waals surface area contributed by atoms with E-state index in [4.69, 9.17) is 0 Å². The van der Waals surface area contributed by atoms with Gasteiger partial charge in [-0.15, -0.1) is 0 Å². The first-order chi connectivity index (χ1) is 15.1. The van der Waals surface area contributed by atoms with E-state index in [0.717, 1.165) is 61.8 Å². The van der Waals surface area contributed by atoms with Crippen molar-refractivity contribution in [2.24, 2.45) is 0 Å². The molecule has 6 heteroatoms. The standard InChI is InChI=1S/C25H30N4O2/c1-19(30)27-23-9-6-8-21(17-23)20-11-15-28(16-12-20)13-4-5-14-29-25(31)24-10-3-2-7-22(24)18-26-29/h2-3,6-10,17-18,20H,4-5,11-16H2,1H3,(H,27,30). The van der Waals surface area contributed by atoms with E-state index in [9.17, 15) is 9.59 Å². The molecule has 2 heterocycles. The maximum atomic E-state index is 12.5. The summed E-state index contributed by atoms with van der Waals surface area (Å²) in [6, 6.07) is 15.9. The molecular weight excluding hydrogens is 388 g/mol. The Hall–Kier alpha value is -2.99. The molecule has 1 amide bonds. The zero-order valence-electron chi connectivity index (χ0n) is 18.1. The van der Waals surface area contributed by atoms with Gasteiger partial charge in [-0.2, -0.15) is 5.10 Å². The molecule has 1 saturated heterocycles. The van der Waals surface area contributed by atoms with E-state index < -0.39 is 0 Å². The molecule has 2 aromatic carbocycles. The lowest BCUT2D eigenvalue weighted by Gasteiger charge is -2.32. The van der Waals surface area contributed by atoms with Crippen LogP contribution in [0.25, 0.3) is 10.8 Å². The van der Waals surface area contributed by atoms with Crippen molar-refractivity contribution in [3.05, 3.63) is 70.6 Å². The highest BCUT2D eigenvalue weighted by molar-refractivity contribution is 5.88. The maximum absolute atomic E-state index is 12.5. The molecule has 1 aromatic heterocycles. The summed E-state index contributed by atoms with van der Waals surface area (Å²) in [5, 5.41) is 8.83. The summed E-state index contributed by atoms with van der Waals surface area (Å²) < 4.78 is 1.59. The average Bonchev–Trinajstić information content (AvgIpc) is 2.78. The van der Waals surface area contributed by atoms with Crippen LogP contribution in [0.1, 0.15) is 44.1 Å². The van der Waals surface area contributed by atoms with E-state index in [-0.39, 0.29) is 11.5 Å². The molecule has 0 unspecified atom stereocenters. The smallest absolute Gasteiger partial charge is 0.274 e. The molecule has 1 aliphatic heterocycles. The van der Waals surface area contributed by atoms with E-state index in [0.29, 0.717) is 12.5 Å². The van der Waals surface area contributed by atoms with Crippen molar-refractivity contribution >= 4 is 22.4 Å². The van der Waals surface area contributed by atoms with Gasteiger partial charge in [0.05, 0.1) is 11.6 Å². The molecule has 0 atom stereocenters. The number of anilines is 1. The predicted octanol–water partition coefficient (Wildman–Crippen LogP) is 4.01. The third-order valence-corrected chi connectivity index (χ3v) is 6.12. The Morgan fingerprint density at radius 1 is 1.06 bits per heavy atom. The number of rotatable bonds is 7. The van der Waals surface area contributed by atoms with Crippen LogP contribution in [-0.4, -0.2) is 40.2 Å². The van der Waals surface area contributed by atoms with Gasteiger partial charge in [0.15, 0.2) is 0 Å². The summed E-state index contributed by atoms with van der Waals surface area (Å²) in [4.78, 5) is 26.4. The Bertz CT molecular complexity index is 1100. The number of aromatic nitrogens is 2. The van der Waals surface area contributed by atoms with Crippen LogP contribution >= 0.6 is 0 Å². The number of carbonyl (C=O) groups excluding carboxylic acids is 1. The number of carbonyl (C=O) groups is 1. The second kappa shape index (κ2) is 9.88. The van der Waals surface area contributed by atoms with Crippen LogP contribution in [0.5, 0.6) is 0 Å². The van der Waals surface area contributed by atoms with Gasteiger partial charge in [-0.05, 0) is 75.0 Å². The monoisotopic (exact) mass is 418 g/mol. The highest BCUT2D eigenvalue weighted by Crippen LogP contribution is 2.29. The summed E-state index contributed by atoms with van der Waals surface area (Å²) in [6.45, 7) is 5.43. The van der Waals surface area contributed by atoms with Crippen molar-refractivity contribution in [1.82, 2.24) is 14.7 Å². The minimum absolute atomic E-state index is 0.000377. The zero-order valence-corrected chi connectivity index (χ0v) is 18.1. The highest BCUT2D eigenvalue weighted by Gasteiger charge is 2.20. The third kappa shape index (κ3) is 5.39. The number of nitrogens with one attached hydrogen (secondary N) is 1. The predicted molar refractivity (Wildman–Crippen MR) is 124 cm³/mol. The molecule has 0 bridgehead atoms. The van der Waals surface area contributed by atoms with E-state index in [1.807, 2.05) is 36.4 Å². The second-order valence-corrected chi connectivity index (χ2v) is 8.39. The minimum atomic E-state index is -0.0341. The molecule has 1 aliphatic rings. The van der Waals surface area contributed by atoms with Crippen LogP contribution in [0.2, 0.25) is 0 Å². The van der Waals surface area contributed by atoms with Gasteiger partial charge in [-0.1, -0.05) is 30.3 Å². The molecule has 3 aromatic rings. The van der Waals surface area contributed by atoms with Crippen LogP contribution in [0.3, 0.4) is 0 Å². The fourth-order valence-electron chi connectivity index (χ4n) is 4.45. The van der Waals surface area contributed by atoms with Gasteiger partial charge in [0.25, 0.3) is 5.56 Å². The van der Waals surface area contributed by atoms with Crippen LogP contribution in [0.15, 0.2) is 59.5 Å². The van der Waals surface area contributed by atoms with Crippen LogP contribution in [-0.2, 0) is 11.3 Å². The average molecular weight is 419 g/mol. The fraction of sp³-hybridized carbons (Fsp3) is 0.400. The van der Waals surface area contributed by atoms with Gasteiger partial charge in [-0.25, -0.2) is 4.68 Å². The molecule has 162 valence electrons. The van der Waals surface area contributed by atoms with Crippen molar-refractivity contribution in [3.63, 3.8) is 0 Å². The number of aryl methyl sites for hydroxylation is 1. The molecule has 0 spiro atoms. The SMILES string of the molecule is CC(=O)Nc1cccc(C2CCN(CCCCn3ncc4ccccc4c3=O)CC2)c1. The van der Waals surface area contributed by atoms with Gasteiger partial charge in [0.2, 0.25) is 5.91 Å². The lowest BCUT2D eigenvalue weighted by Crippen LogP contribution is -2.34. The fourth-order valence-corrected chi connectivity index (χ4v) is 4.45. The number of fused-ring (bicyclic) bond motifs is 1. The summed E-state index contributed by atoms with van der Waals surface area (Å²) in [5.74, 6) is 0.512. The Morgan fingerprint density at radius 3 is 2.65 bits per heavy atom. The molecule has 0 radical (unpaired) electrons. The van der Waals surface area contributed by atoms with E-state index >= 15 is 0 Å². The molecule has 1 N–H and O–H groups in total. The van der Waals surface area contributed by atoms with Gasteiger partial charge in [-0.3, -0.25) is 9.59 Å². The summed E-state index contributed by atoms with van der Waals surface area (Å²) in [7, 11) is 0.